The molecule has 0 aromatic heterocycles. The van der Waals surface area contributed by atoms with Gasteiger partial charge in [-0.05, 0) is 12.1 Å². The van der Waals surface area contributed by atoms with Crippen LogP contribution in [0.5, 0.6) is 0 Å². The molecule has 2 rings (SSSR count). The van der Waals surface area contributed by atoms with E-state index in [2.05, 4.69) is 11.4 Å². The SMILES string of the molecule is N#Cc1ccccc1NC1C=CS(=O)(=O)C1. The second-order valence-corrected chi connectivity index (χ2v) is 5.50. The third-order valence-corrected chi connectivity index (χ3v) is 3.71. The highest BCUT2D eigenvalue weighted by atomic mass is 32.2. The van der Waals surface area contributed by atoms with Crippen LogP contribution >= 0.6 is 0 Å². The number of rotatable bonds is 2. The molecule has 0 bridgehead atoms. The van der Waals surface area contributed by atoms with Gasteiger partial charge in [-0.15, -0.1) is 0 Å². The van der Waals surface area contributed by atoms with Crippen molar-refractivity contribution in [1.82, 2.24) is 0 Å². The van der Waals surface area contributed by atoms with Gasteiger partial charge in [0, 0.05) is 5.41 Å². The summed E-state index contributed by atoms with van der Waals surface area (Å²) in [7, 11) is -3.06. The number of nitriles is 1. The molecule has 0 saturated heterocycles. The Balaban J connectivity index is 2.18. The zero-order chi connectivity index (χ0) is 11.6. The molecule has 0 spiro atoms. The molecule has 1 N–H and O–H groups in total. The molecule has 1 aliphatic heterocycles. The van der Waals surface area contributed by atoms with E-state index in [0.29, 0.717) is 11.3 Å². The number of benzene rings is 1. The van der Waals surface area contributed by atoms with Crippen LogP contribution in [0.2, 0.25) is 0 Å². The topological polar surface area (TPSA) is 70.0 Å². The van der Waals surface area contributed by atoms with Crippen LogP contribution in [0.15, 0.2) is 35.7 Å². The van der Waals surface area contributed by atoms with E-state index in [1.54, 1.807) is 30.3 Å². The third-order valence-electron chi connectivity index (χ3n) is 2.32. The molecule has 82 valence electrons. The summed E-state index contributed by atoms with van der Waals surface area (Å²) >= 11 is 0. The first-order chi connectivity index (χ1) is 7.61. The zero-order valence-corrected chi connectivity index (χ0v) is 9.24. The van der Waals surface area contributed by atoms with Gasteiger partial charge < -0.3 is 5.32 Å². The summed E-state index contributed by atoms with van der Waals surface area (Å²) < 4.78 is 22.4. The highest BCUT2D eigenvalue weighted by molar-refractivity contribution is 7.94. The third kappa shape index (κ3) is 2.23. The molecule has 1 atom stereocenters. The van der Waals surface area contributed by atoms with Crippen molar-refractivity contribution < 1.29 is 8.42 Å². The molecule has 0 aliphatic carbocycles. The maximum absolute atomic E-state index is 11.2. The molecule has 5 heteroatoms. The normalized spacial score (nSPS) is 21.6. The molecule has 1 heterocycles. The molecule has 0 radical (unpaired) electrons. The van der Waals surface area contributed by atoms with Crippen LogP contribution in [0.3, 0.4) is 0 Å². The average molecular weight is 234 g/mol. The number of hydrogen-bond donors (Lipinski definition) is 1. The standard InChI is InChI=1S/C11H10N2O2S/c12-7-9-3-1-2-4-11(9)13-10-5-6-16(14,15)8-10/h1-6,10,13H,8H2. The van der Waals surface area contributed by atoms with E-state index in [1.165, 1.54) is 5.41 Å². The molecule has 1 aliphatic rings. The first-order valence-electron chi connectivity index (χ1n) is 4.77. The van der Waals surface area contributed by atoms with Crippen molar-refractivity contribution in [2.75, 3.05) is 11.1 Å². The molecular weight excluding hydrogens is 224 g/mol. The number of hydrogen-bond acceptors (Lipinski definition) is 4. The van der Waals surface area contributed by atoms with Crippen molar-refractivity contribution in [3.63, 3.8) is 0 Å². The largest absolute Gasteiger partial charge is 0.377 e. The van der Waals surface area contributed by atoms with Gasteiger partial charge >= 0.3 is 0 Å². The van der Waals surface area contributed by atoms with Crippen LogP contribution in [-0.2, 0) is 9.84 Å². The van der Waals surface area contributed by atoms with Crippen molar-refractivity contribution >= 4 is 15.5 Å². The van der Waals surface area contributed by atoms with Crippen molar-refractivity contribution in [3.05, 3.63) is 41.3 Å². The van der Waals surface area contributed by atoms with Crippen molar-refractivity contribution in [2.24, 2.45) is 0 Å². The summed E-state index contributed by atoms with van der Waals surface area (Å²) in [4.78, 5) is 0. The lowest BCUT2D eigenvalue weighted by atomic mass is 10.2. The Bertz CT molecular complexity index is 570. The first kappa shape index (κ1) is 10.7. The minimum Gasteiger partial charge on any atom is -0.377 e. The number of sulfone groups is 1. The fourth-order valence-corrected chi connectivity index (χ4v) is 2.81. The summed E-state index contributed by atoms with van der Waals surface area (Å²) in [5.41, 5.74) is 1.18. The quantitative estimate of drug-likeness (QED) is 0.836. The van der Waals surface area contributed by atoms with E-state index >= 15 is 0 Å². The average Bonchev–Trinajstić information content (AvgIpc) is 2.59. The summed E-state index contributed by atoms with van der Waals surface area (Å²) in [6.45, 7) is 0. The van der Waals surface area contributed by atoms with E-state index in [-0.39, 0.29) is 11.8 Å². The fraction of sp³-hybridized carbons (Fsp3) is 0.182. The Kier molecular flexibility index (Phi) is 2.67. The molecule has 16 heavy (non-hydrogen) atoms. The highest BCUT2D eigenvalue weighted by Crippen LogP contribution is 2.18. The number of nitrogens with zero attached hydrogens (tertiary/aromatic N) is 1. The van der Waals surface area contributed by atoms with E-state index < -0.39 is 9.84 Å². The second-order valence-electron chi connectivity index (χ2n) is 3.57. The van der Waals surface area contributed by atoms with Gasteiger partial charge in [-0.25, -0.2) is 8.42 Å². The van der Waals surface area contributed by atoms with Crippen molar-refractivity contribution in [3.8, 4) is 6.07 Å². The first-order valence-corrected chi connectivity index (χ1v) is 6.49. The lowest BCUT2D eigenvalue weighted by Crippen LogP contribution is -2.21. The van der Waals surface area contributed by atoms with Crippen LogP contribution in [-0.4, -0.2) is 20.2 Å². The maximum atomic E-state index is 11.2. The monoisotopic (exact) mass is 234 g/mol. The van der Waals surface area contributed by atoms with Gasteiger partial charge in [0.25, 0.3) is 0 Å². The molecule has 4 nitrogen and oxygen atoms in total. The number of para-hydroxylation sites is 1. The molecule has 1 aromatic rings. The fourth-order valence-electron chi connectivity index (χ4n) is 1.57. The summed E-state index contributed by atoms with van der Waals surface area (Å²) in [5.74, 6) is 0.0484. The minimum atomic E-state index is -3.06. The Labute approximate surface area is 94.1 Å². The smallest absolute Gasteiger partial charge is 0.173 e. The lowest BCUT2D eigenvalue weighted by molar-refractivity contribution is 0.605. The Morgan fingerprint density at radius 2 is 2.12 bits per heavy atom. The van der Waals surface area contributed by atoms with E-state index in [9.17, 15) is 8.42 Å². The van der Waals surface area contributed by atoms with Crippen molar-refractivity contribution in [2.45, 2.75) is 6.04 Å². The van der Waals surface area contributed by atoms with Crippen LogP contribution in [0, 0.1) is 11.3 Å². The van der Waals surface area contributed by atoms with E-state index in [4.69, 9.17) is 5.26 Å². The number of anilines is 1. The Morgan fingerprint density at radius 1 is 1.38 bits per heavy atom. The van der Waals surface area contributed by atoms with Gasteiger partial charge in [0.2, 0.25) is 0 Å². The van der Waals surface area contributed by atoms with E-state index in [0.717, 1.165) is 0 Å². The van der Waals surface area contributed by atoms with Crippen LogP contribution in [0.1, 0.15) is 5.56 Å². The molecule has 0 saturated carbocycles. The molecular formula is C11H10N2O2S. The molecule has 1 unspecified atom stereocenters. The predicted octanol–water partition coefficient (Wildman–Crippen LogP) is 1.28. The van der Waals surface area contributed by atoms with Crippen LogP contribution in [0.4, 0.5) is 5.69 Å². The van der Waals surface area contributed by atoms with Gasteiger partial charge in [-0.1, -0.05) is 18.2 Å². The minimum absolute atomic E-state index is 0.0484. The van der Waals surface area contributed by atoms with Gasteiger partial charge in [-0.2, -0.15) is 5.26 Å². The summed E-state index contributed by atoms with van der Waals surface area (Å²) in [6.07, 6.45) is 1.60. The van der Waals surface area contributed by atoms with Crippen LogP contribution in [0.25, 0.3) is 0 Å². The number of nitrogens with one attached hydrogen (secondary N) is 1. The Morgan fingerprint density at radius 3 is 2.75 bits per heavy atom. The molecule has 0 amide bonds. The van der Waals surface area contributed by atoms with E-state index in [1.807, 2.05) is 0 Å². The maximum Gasteiger partial charge on any atom is 0.173 e. The molecule has 1 aromatic carbocycles. The summed E-state index contributed by atoms with van der Waals surface area (Å²) in [5, 5.41) is 13.1. The van der Waals surface area contributed by atoms with Crippen LogP contribution < -0.4 is 5.32 Å². The van der Waals surface area contributed by atoms with Gasteiger partial charge in [-0.3, -0.25) is 0 Å². The predicted molar refractivity (Wildman–Crippen MR) is 61.5 cm³/mol. The van der Waals surface area contributed by atoms with Gasteiger partial charge in [0.05, 0.1) is 23.0 Å². The summed E-state index contributed by atoms with van der Waals surface area (Å²) in [6, 6.07) is 8.83. The second kappa shape index (κ2) is 3.99. The van der Waals surface area contributed by atoms with Gasteiger partial charge in [0.1, 0.15) is 6.07 Å². The van der Waals surface area contributed by atoms with Crippen molar-refractivity contribution in [1.29, 1.82) is 5.26 Å². The highest BCUT2D eigenvalue weighted by Gasteiger charge is 2.21. The Hall–Kier alpha value is -1.80. The zero-order valence-electron chi connectivity index (χ0n) is 8.42. The molecule has 0 fully saturated rings. The van der Waals surface area contributed by atoms with Gasteiger partial charge in [0.15, 0.2) is 9.84 Å². The lowest BCUT2D eigenvalue weighted by Gasteiger charge is -2.12.